The second-order valence-corrected chi connectivity index (χ2v) is 6.93. The SMILES string of the molecule is C=CC(=O)Nc1ccc(C(=O)N2CCC3=C(C=NS(=O)(=O)N3)C2)cc1. The fourth-order valence-corrected chi connectivity index (χ4v) is 3.45. The summed E-state index contributed by atoms with van der Waals surface area (Å²) >= 11 is 0. The number of nitrogens with zero attached hydrogens (tertiary/aromatic N) is 2. The molecule has 2 amide bonds. The minimum Gasteiger partial charge on any atom is -0.334 e. The van der Waals surface area contributed by atoms with Crippen LogP contribution in [0.5, 0.6) is 0 Å². The molecule has 1 aromatic carbocycles. The van der Waals surface area contributed by atoms with Gasteiger partial charge in [-0.05, 0) is 30.3 Å². The van der Waals surface area contributed by atoms with Crippen molar-refractivity contribution in [3.05, 3.63) is 53.8 Å². The minimum atomic E-state index is -3.64. The molecule has 3 rings (SSSR count). The molecule has 2 N–H and O–H groups in total. The summed E-state index contributed by atoms with van der Waals surface area (Å²) in [4.78, 5) is 25.5. The van der Waals surface area contributed by atoms with E-state index in [-0.39, 0.29) is 18.4 Å². The molecule has 0 radical (unpaired) electrons. The van der Waals surface area contributed by atoms with Crippen LogP contribution in [-0.4, -0.2) is 44.4 Å². The molecule has 0 aromatic heterocycles. The normalized spacial score (nSPS) is 18.2. The average molecular weight is 360 g/mol. The second-order valence-electron chi connectivity index (χ2n) is 5.56. The van der Waals surface area contributed by atoms with Crippen LogP contribution in [0.4, 0.5) is 5.69 Å². The molecule has 0 atom stereocenters. The molecule has 2 heterocycles. The lowest BCUT2D eigenvalue weighted by Gasteiger charge is -2.31. The van der Waals surface area contributed by atoms with Crippen LogP contribution in [0, 0.1) is 0 Å². The molecule has 8 nitrogen and oxygen atoms in total. The van der Waals surface area contributed by atoms with Gasteiger partial charge in [-0.15, -0.1) is 0 Å². The zero-order valence-electron chi connectivity index (χ0n) is 13.2. The number of amides is 2. The van der Waals surface area contributed by atoms with Crippen molar-refractivity contribution in [3.63, 3.8) is 0 Å². The van der Waals surface area contributed by atoms with Gasteiger partial charge in [-0.3, -0.25) is 14.3 Å². The average Bonchev–Trinajstić information content (AvgIpc) is 2.60. The smallest absolute Gasteiger partial charge is 0.334 e. The van der Waals surface area contributed by atoms with Crippen LogP contribution in [0.1, 0.15) is 16.8 Å². The molecule has 0 saturated carbocycles. The number of carbonyl (C=O) groups is 2. The van der Waals surface area contributed by atoms with Crippen LogP contribution < -0.4 is 10.0 Å². The summed E-state index contributed by atoms with van der Waals surface area (Å²) in [6.45, 7) is 4.07. The Morgan fingerprint density at radius 3 is 2.68 bits per heavy atom. The van der Waals surface area contributed by atoms with E-state index in [0.717, 1.165) is 6.08 Å². The van der Waals surface area contributed by atoms with Gasteiger partial charge in [0.05, 0.1) is 0 Å². The van der Waals surface area contributed by atoms with E-state index in [0.29, 0.717) is 35.5 Å². The molecular weight excluding hydrogens is 344 g/mol. The number of hydrogen-bond acceptors (Lipinski definition) is 4. The van der Waals surface area contributed by atoms with E-state index < -0.39 is 10.2 Å². The predicted molar refractivity (Wildman–Crippen MR) is 93.4 cm³/mol. The highest BCUT2D eigenvalue weighted by Crippen LogP contribution is 2.21. The van der Waals surface area contributed by atoms with Crippen molar-refractivity contribution in [3.8, 4) is 0 Å². The van der Waals surface area contributed by atoms with E-state index in [1.54, 1.807) is 29.2 Å². The van der Waals surface area contributed by atoms with Crippen LogP contribution in [0.15, 0.2) is 52.6 Å². The van der Waals surface area contributed by atoms with E-state index in [9.17, 15) is 18.0 Å². The minimum absolute atomic E-state index is 0.171. The molecule has 25 heavy (non-hydrogen) atoms. The summed E-state index contributed by atoms with van der Waals surface area (Å²) in [6, 6.07) is 6.53. The lowest BCUT2D eigenvalue weighted by molar-refractivity contribution is -0.111. The molecule has 0 fully saturated rings. The number of hydrogen-bond donors (Lipinski definition) is 2. The highest BCUT2D eigenvalue weighted by molar-refractivity contribution is 7.88. The first-order chi connectivity index (χ1) is 11.9. The summed E-state index contributed by atoms with van der Waals surface area (Å²) in [5, 5.41) is 2.61. The standard InChI is InChI=1S/C16H16N4O4S/c1-2-15(21)18-13-5-3-11(4-6-13)16(22)20-8-7-14-12(10-20)9-17-25(23,24)19-14/h2-6,9,19H,1,7-8,10H2,(H,18,21). The lowest BCUT2D eigenvalue weighted by Crippen LogP contribution is -2.41. The van der Waals surface area contributed by atoms with Crippen molar-refractivity contribution in [2.45, 2.75) is 6.42 Å². The first-order valence-electron chi connectivity index (χ1n) is 7.51. The van der Waals surface area contributed by atoms with Crippen molar-refractivity contribution in [1.29, 1.82) is 0 Å². The van der Waals surface area contributed by atoms with Crippen molar-refractivity contribution in [2.24, 2.45) is 4.40 Å². The summed E-state index contributed by atoms with van der Waals surface area (Å²) in [7, 11) is -3.64. The van der Waals surface area contributed by atoms with Gasteiger partial charge >= 0.3 is 10.2 Å². The van der Waals surface area contributed by atoms with Gasteiger partial charge in [0.15, 0.2) is 0 Å². The maximum atomic E-state index is 12.6. The van der Waals surface area contributed by atoms with Gasteiger partial charge in [-0.2, -0.15) is 12.8 Å². The number of anilines is 1. The largest absolute Gasteiger partial charge is 0.341 e. The summed E-state index contributed by atoms with van der Waals surface area (Å²) < 4.78 is 28.7. The second kappa shape index (κ2) is 6.52. The van der Waals surface area contributed by atoms with Crippen LogP contribution in [0.25, 0.3) is 0 Å². The van der Waals surface area contributed by atoms with E-state index in [4.69, 9.17) is 0 Å². The highest BCUT2D eigenvalue weighted by atomic mass is 32.2. The number of benzene rings is 1. The van der Waals surface area contributed by atoms with Crippen molar-refractivity contribution < 1.29 is 18.0 Å². The van der Waals surface area contributed by atoms with Crippen LogP contribution in [-0.2, 0) is 15.0 Å². The van der Waals surface area contributed by atoms with Gasteiger partial charge in [-0.1, -0.05) is 6.58 Å². The predicted octanol–water partition coefficient (Wildman–Crippen LogP) is 0.830. The first-order valence-corrected chi connectivity index (χ1v) is 8.95. The molecule has 1 aromatic rings. The topological polar surface area (TPSA) is 108 Å². The molecule has 2 aliphatic rings. The molecule has 0 spiro atoms. The quantitative estimate of drug-likeness (QED) is 0.778. The van der Waals surface area contributed by atoms with Gasteiger partial charge in [0.2, 0.25) is 5.91 Å². The summed E-state index contributed by atoms with van der Waals surface area (Å²) in [5.74, 6) is -0.497. The third kappa shape index (κ3) is 3.77. The number of rotatable bonds is 3. The van der Waals surface area contributed by atoms with E-state index in [1.165, 1.54) is 6.21 Å². The van der Waals surface area contributed by atoms with Gasteiger partial charge < -0.3 is 10.2 Å². The fourth-order valence-electron chi connectivity index (χ4n) is 2.58. The number of carbonyl (C=O) groups excluding carboxylic acids is 2. The maximum Gasteiger partial charge on any atom is 0.341 e. The summed E-state index contributed by atoms with van der Waals surface area (Å²) in [6.07, 6.45) is 2.87. The Balaban J connectivity index is 1.70. The molecule has 0 saturated heterocycles. The molecule has 0 unspecified atom stereocenters. The van der Waals surface area contributed by atoms with Gasteiger partial charge in [0.1, 0.15) is 0 Å². The van der Waals surface area contributed by atoms with Crippen LogP contribution >= 0.6 is 0 Å². The van der Waals surface area contributed by atoms with E-state index in [1.807, 2.05) is 0 Å². The van der Waals surface area contributed by atoms with Gasteiger partial charge in [0, 0.05) is 48.2 Å². The summed E-state index contributed by atoms with van der Waals surface area (Å²) in [5.41, 5.74) is 2.32. The molecule has 2 aliphatic heterocycles. The molecular formula is C16H16N4O4S. The Labute approximate surface area is 145 Å². The molecule has 0 aliphatic carbocycles. The Morgan fingerprint density at radius 2 is 2.00 bits per heavy atom. The fraction of sp³-hybridized carbons (Fsp3) is 0.188. The zero-order chi connectivity index (χ0) is 18.0. The maximum absolute atomic E-state index is 12.6. The Morgan fingerprint density at radius 1 is 1.28 bits per heavy atom. The Kier molecular flexibility index (Phi) is 4.41. The Bertz CT molecular complexity index is 901. The lowest BCUT2D eigenvalue weighted by atomic mass is 10.1. The molecule has 0 bridgehead atoms. The first kappa shape index (κ1) is 16.9. The van der Waals surface area contributed by atoms with Gasteiger partial charge in [-0.25, -0.2) is 0 Å². The highest BCUT2D eigenvalue weighted by Gasteiger charge is 2.27. The van der Waals surface area contributed by atoms with Crippen LogP contribution in [0.2, 0.25) is 0 Å². The monoisotopic (exact) mass is 360 g/mol. The van der Waals surface area contributed by atoms with Crippen molar-refractivity contribution in [1.82, 2.24) is 9.62 Å². The van der Waals surface area contributed by atoms with E-state index >= 15 is 0 Å². The molecule has 130 valence electrons. The van der Waals surface area contributed by atoms with Gasteiger partial charge in [0.25, 0.3) is 5.91 Å². The third-order valence-electron chi connectivity index (χ3n) is 3.85. The van der Waals surface area contributed by atoms with Crippen LogP contribution in [0.3, 0.4) is 0 Å². The number of nitrogens with one attached hydrogen (secondary N) is 2. The third-order valence-corrected chi connectivity index (χ3v) is 4.74. The zero-order valence-corrected chi connectivity index (χ0v) is 14.0. The molecule has 9 heteroatoms. The van der Waals surface area contributed by atoms with Crippen molar-refractivity contribution >= 4 is 33.9 Å². The Hall–Kier alpha value is -2.94. The van der Waals surface area contributed by atoms with E-state index in [2.05, 4.69) is 21.0 Å². The van der Waals surface area contributed by atoms with Crippen molar-refractivity contribution in [2.75, 3.05) is 18.4 Å².